The van der Waals surface area contributed by atoms with Gasteiger partial charge in [0, 0.05) is 30.2 Å². The van der Waals surface area contributed by atoms with Crippen LogP contribution in [-0.4, -0.2) is 49.6 Å². The third-order valence-corrected chi connectivity index (χ3v) is 5.47. The molecule has 1 fully saturated rings. The molecule has 6 nitrogen and oxygen atoms in total. The second-order valence-electron chi connectivity index (χ2n) is 6.72. The molecule has 1 aromatic carbocycles. The molecule has 1 aliphatic rings. The summed E-state index contributed by atoms with van der Waals surface area (Å²) in [7, 11) is 0. The molecule has 3 rings (SSSR count). The third kappa shape index (κ3) is 5.38. The number of carbonyl (C=O) groups is 2. The molecule has 0 aliphatic carbocycles. The van der Waals surface area contributed by atoms with E-state index in [2.05, 4.69) is 21.6 Å². The number of morpholine rings is 1. The molecule has 0 radical (unpaired) electrons. The van der Waals surface area contributed by atoms with Crippen molar-refractivity contribution in [2.24, 2.45) is 0 Å². The summed E-state index contributed by atoms with van der Waals surface area (Å²) in [6.07, 6.45) is 0. The number of hydrogen-bond donors (Lipinski definition) is 2. The van der Waals surface area contributed by atoms with E-state index < -0.39 is 11.8 Å². The molecule has 27 heavy (non-hydrogen) atoms. The zero-order valence-electron chi connectivity index (χ0n) is 15.7. The maximum absolute atomic E-state index is 12.3. The van der Waals surface area contributed by atoms with Crippen LogP contribution in [0.2, 0.25) is 0 Å². The van der Waals surface area contributed by atoms with Crippen molar-refractivity contribution in [2.45, 2.75) is 19.9 Å². The number of benzene rings is 1. The number of anilines is 1. The Bertz CT molecular complexity index is 766. The van der Waals surface area contributed by atoms with E-state index in [4.69, 9.17) is 4.74 Å². The van der Waals surface area contributed by atoms with Gasteiger partial charge in [-0.1, -0.05) is 12.1 Å². The van der Waals surface area contributed by atoms with Gasteiger partial charge >= 0.3 is 11.8 Å². The fourth-order valence-corrected chi connectivity index (χ4v) is 4.14. The van der Waals surface area contributed by atoms with Gasteiger partial charge in [0.2, 0.25) is 0 Å². The highest BCUT2D eigenvalue weighted by atomic mass is 32.1. The SMILES string of the molecule is Cc1cc(C)cc(NC(=O)C(=O)NC[C@@H](c2cccs2)N2CCOCC2)c1. The van der Waals surface area contributed by atoms with Crippen molar-refractivity contribution in [3.8, 4) is 0 Å². The van der Waals surface area contributed by atoms with Gasteiger partial charge in [-0.05, 0) is 48.6 Å². The molecule has 0 unspecified atom stereocenters. The minimum Gasteiger partial charge on any atom is -0.379 e. The molecule has 7 heteroatoms. The monoisotopic (exact) mass is 387 g/mol. The Kier molecular flexibility index (Phi) is 6.60. The fourth-order valence-electron chi connectivity index (χ4n) is 3.28. The largest absolute Gasteiger partial charge is 0.379 e. The first-order chi connectivity index (χ1) is 13.0. The van der Waals surface area contributed by atoms with Crippen LogP contribution >= 0.6 is 11.3 Å². The zero-order valence-corrected chi connectivity index (χ0v) is 16.5. The highest BCUT2D eigenvalue weighted by Crippen LogP contribution is 2.25. The number of aryl methyl sites for hydroxylation is 2. The summed E-state index contributed by atoms with van der Waals surface area (Å²) < 4.78 is 5.43. The number of thiophene rings is 1. The minimum atomic E-state index is -0.646. The van der Waals surface area contributed by atoms with E-state index >= 15 is 0 Å². The molecular formula is C20H25N3O3S. The number of nitrogens with zero attached hydrogens (tertiary/aromatic N) is 1. The number of ether oxygens (including phenoxy) is 1. The van der Waals surface area contributed by atoms with E-state index in [9.17, 15) is 9.59 Å². The van der Waals surface area contributed by atoms with Gasteiger partial charge in [0.15, 0.2) is 0 Å². The molecule has 1 atom stereocenters. The molecule has 1 saturated heterocycles. The van der Waals surface area contributed by atoms with Crippen LogP contribution < -0.4 is 10.6 Å². The Morgan fingerprint density at radius 1 is 1.15 bits per heavy atom. The van der Waals surface area contributed by atoms with Crippen LogP contribution in [0.4, 0.5) is 5.69 Å². The number of amides is 2. The topological polar surface area (TPSA) is 70.7 Å². The van der Waals surface area contributed by atoms with Gasteiger partial charge in [-0.15, -0.1) is 11.3 Å². The van der Waals surface area contributed by atoms with Crippen LogP contribution in [0.5, 0.6) is 0 Å². The molecular weight excluding hydrogens is 362 g/mol. The summed E-state index contributed by atoms with van der Waals surface area (Å²) in [5, 5.41) is 7.50. The summed E-state index contributed by atoms with van der Waals surface area (Å²) in [5.74, 6) is -1.27. The predicted molar refractivity (Wildman–Crippen MR) is 107 cm³/mol. The molecule has 1 aromatic heterocycles. The van der Waals surface area contributed by atoms with Crippen LogP contribution in [0.15, 0.2) is 35.7 Å². The van der Waals surface area contributed by atoms with Crippen molar-refractivity contribution in [3.05, 3.63) is 51.7 Å². The van der Waals surface area contributed by atoms with Crippen LogP contribution in [0, 0.1) is 13.8 Å². The quantitative estimate of drug-likeness (QED) is 0.774. The standard InChI is InChI=1S/C20H25N3O3S/c1-14-10-15(2)12-16(11-14)22-20(25)19(24)21-13-17(18-4-3-9-27-18)23-5-7-26-8-6-23/h3-4,9-12,17H,5-8,13H2,1-2H3,(H,21,24)(H,22,25)/t17-/m0/s1. The summed E-state index contributed by atoms with van der Waals surface area (Å²) in [4.78, 5) is 28.0. The average molecular weight is 388 g/mol. The molecule has 2 aromatic rings. The van der Waals surface area contributed by atoms with E-state index in [0.29, 0.717) is 25.4 Å². The molecule has 0 saturated carbocycles. The van der Waals surface area contributed by atoms with Crippen molar-refractivity contribution in [1.82, 2.24) is 10.2 Å². The highest BCUT2D eigenvalue weighted by Gasteiger charge is 2.25. The molecule has 2 N–H and O–H groups in total. The van der Waals surface area contributed by atoms with Gasteiger partial charge < -0.3 is 15.4 Å². The molecule has 2 heterocycles. The number of carbonyl (C=O) groups excluding carboxylic acids is 2. The Morgan fingerprint density at radius 3 is 2.48 bits per heavy atom. The second-order valence-corrected chi connectivity index (χ2v) is 7.70. The lowest BCUT2D eigenvalue weighted by molar-refractivity contribution is -0.136. The predicted octanol–water partition coefficient (Wildman–Crippen LogP) is 2.49. The average Bonchev–Trinajstić information content (AvgIpc) is 3.16. The first-order valence-electron chi connectivity index (χ1n) is 9.05. The Morgan fingerprint density at radius 2 is 1.85 bits per heavy atom. The number of nitrogens with one attached hydrogen (secondary N) is 2. The fraction of sp³-hybridized carbons (Fsp3) is 0.400. The van der Waals surface area contributed by atoms with Crippen LogP contribution in [-0.2, 0) is 14.3 Å². The Labute approximate surface area is 163 Å². The van der Waals surface area contributed by atoms with Crippen LogP contribution in [0.25, 0.3) is 0 Å². The van der Waals surface area contributed by atoms with Crippen LogP contribution in [0.1, 0.15) is 22.0 Å². The second kappa shape index (κ2) is 9.12. The van der Waals surface area contributed by atoms with E-state index in [1.54, 1.807) is 11.3 Å². The summed E-state index contributed by atoms with van der Waals surface area (Å²) in [6, 6.07) is 9.82. The highest BCUT2D eigenvalue weighted by molar-refractivity contribution is 7.10. The summed E-state index contributed by atoms with van der Waals surface area (Å²) in [6.45, 7) is 7.29. The lowest BCUT2D eigenvalue weighted by Crippen LogP contribution is -2.45. The molecule has 0 spiro atoms. The Balaban J connectivity index is 1.60. The summed E-state index contributed by atoms with van der Waals surface area (Å²) in [5.41, 5.74) is 2.71. The molecule has 2 amide bonds. The van der Waals surface area contributed by atoms with E-state index in [0.717, 1.165) is 24.2 Å². The third-order valence-electron chi connectivity index (χ3n) is 4.50. The van der Waals surface area contributed by atoms with E-state index in [1.165, 1.54) is 4.88 Å². The number of hydrogen-bond acceptors (Lipinski definition) is 5. The Hall–Kier alpha value is -2.22. The zero-order chi connectivity index (χ0) is 19.2. The minimum absolute atomic E-state index is 0.0480. The van der Waals surface area contributed by atoms with Crippen molar-refractivity contribution in [2.75, 3.05) is 38.2 Å². The molecule has 1 aliphatic heterocycles. The van der Waals surface area contributed by atoms with Gasteiger partial charge in [0.05, 0.1) is 19.3 Å². The first kappa shape index (κ1) is 19.5. The maximum atomic E-state index is 12.3. The van der Waals surface area contributed by atoms with Crippen molar-refractivity contribution < 1.29 is 14.3 Å². The van der Waals surface area contributed by atoms with Gasteiger partial charge in [0.25, 0.3) is 0 Å². The maximum Gasteiger partial charge on any atom is 0.313 e. The smallest absolute Gasteiger partial charge is 0.313 e. The van der Waals surface area contributed by atoms with Gasteiger partial charge in [-0.25, -0.2) is 0 Å². The van der Waals surface area contributed by atoms with Crippen molar-refractivity contribution in [3.63, 3.8) is 0 Å². The lowest BCUT2D eigenvalue weighted by Gasteiger charge is -2.34. The van der Waals surface area contributed by atoms with Crippen molar-refractivity contribution in [1.29, 1.82) is 0 Å². The molecule has 0 bridgehead atoms. The van der Waals surface area contributed by atoms with E-state index in [-0.39, 0.29) is 6.04 Å². The summed E-state index contributed by atoms with van der Waals surface area (Å²) >= 11 is 1.66. The lowest BCUT2D eigenvalue weighted by atomic mass is 10.1. The van der Waals surface area contributed by atoms with Gasteiger partial charge in [0.1, 0.15) is 0 Å². The van der Waals surface area contributed by atoms with Crippen molar-refractivity contribution >= 4 is 28.8 Å². The molecule has 144 valence electrons. The number of rotatable bonds is 5. The normalized spacial score (nSPS) is 15.9. The van der Waals surface area contributed by atoms with Crippen LogP contribution in [0.3, 0.4) is 0 Å². The van der Waals surface area contributed by atoms with E-state index in [1.807, 2.05) is 43.5 Å². The van der Waals surface area contributed by atoms with Gasteiger partial charge in [-0.3, -0.25) is 14.5 Å². The van der Waals surface area contributed by atoms with Gasteiger partial charge in [-0.2, -0.15) is 0 Å². The first-order valence-corrected chi connectivity index (χ1v) is 9.93.